The molecule has 2 heterocycles. The number of nitrogens with zero attached hydrogens (tertiary/aromatic N) is 2. The van der Waals surface area contributed by atoms with Gasteiger partial charge in [-0.3, -0.25) is 14.2 Å². The predicted molar refractivity (Wildman–Crippen MR) is 93.0 cm³/mol. The first kappa shape index (κ1) is 16.5. The molecule has 1 aliphatic rings. The summed E-state index contributed by atoms with van der Waals surface area (Å²) in [6, 6.07) is 6.86. The maximum atomic E-state index is 12.4. The summed E-state index contributed by atoms with van der Waals surface area (Å²) in [4.78, 5) is 12.4. The van der Waals surface area contributed by atoms with E-state index in [-0.39, 0.29) is 5.91 Å². The van der Waals surface area contributed by atoms with E-state index in [1.54, 1.807) is 24.3 Å². The van der Waals surface area contributed by atoms with E-state index in [1.165, 1.54) is 10.6 Å². The van der Waals surface area contributed by atoms with Crippen molar-refractivity contribution in [3.63, 3.8) is 0 Å². The lowest BCUT2D eigenvalue weighted by Gasteiger charge is -2.16. The molecule has 0 unspecified atom stereocenters. The van der Waals surface area contributed by atoms with Crippen molar-refractivity contribution in [2.75, 3.05) is 22.4 Å². The highest BCUT2D eigenvalue weighted by molar-refractivity contribution is 7.92. The van der Waals surface area contributed by atoms with Crippen LogP contribution in [0.15, 0.2) is 24.3 Å². The third kappa shape index (κ3) is 3.14. The number of amides is 1. The molecule has 7 nitrogen and oxygen atoms in total. The average Bonchev–Trinajstić information content (AvgIpc) is 3.11. The first-order chi connectivity index (χ1) is 11.3. The third-order valence-electron chi connectivity index (χ3n) is 4.06. The molecule has 0 atom stereocenters. The monoisotopic (exact) mass is 348 g/mol. The van der Waals surface area contributed by atoms with Gasteiger partial charge in [-0.05, 0) is 36.1 Å². The zero-order valence-corrected chi connectivity index (χ0v) is 14.6. The summed E-state index contributed by atoms with van der Waals surface area (Å²) < 4.78 is 24.9. The van der Waals surface area contributed by atoms with E-state index < -0.39 is 10.0 Å². The first-order valence-corrected chi connectivity index (χ1v) is 9.58. The Hall–Kier alpha value is -2.35. The summed E-state index contributed by atoms with van der Waals surface area (Å²) in [6.07, 6.45) is 1.79. The zero-order chi connectivity index (χ0) is 17.5. The lowest BCUT2D eigenvalue weighted by Crippen LogP contribution is -2.27. The highest BCUT2D eigenvalue weighted by atomic mass is 32.2. The molecular weight excluding hydrogens is 328 g/mol. The van der Waals surface area contributed by atoms with Gasteiger partial charge in [-0.1, -0.05) is 13.8 Å². The van der Waals surface area contributed by atoms with Crippen LogP contribution in [0.1, 0.15) is 41.4 Å². The molecular formula is C16H20N4O3S. The smallest absolute Gasteiger partial charge is 0.256 e. The van der Waals surface area contributed by atoms with E-state index in [0.29, 0.717) is 36.0 Å². The van der Waals surface area contributed by atoms with Crippen LogP contribution in [0.2, 0.25) is 0 Å². The van der Waals surface area contributed by atoms with Crippen molar-refractivity contribution in [3.05, 3.63) is 41.1 Å². The molecule has 1 amide bonds. The van der Waals surface area contributed by atoms with E-state index >= 15 is 0 Å². The number of hydrogen-bond donors (Lipinski definition) is 2. The Morgan fingerprint density at radius 3 is 2.71 bits per heavy atom. The minimum absolute atomic E-state index is 0.266. The summed E-state index contributed by atoms with van der Waals surface area (Å²) in [5.74, 6) is 0.504. The Morgan fingerprint density at radius 2 is 2.08 bits per heavy atom. The van der Waals surface area contributed by atoms with Crippen LogP contribution in [0, 0.1) is 0 Å². The molecule has 0 fully saturated rings. The van der Waals surface area contributed by atoms with Crippen molar-refractivity contribution in [2.45, 2.75) is 26.2 Å². The van der Waals surface area contributed by atoms with Gasteiger partial charge in [-0.15, -0.1) is 0 Å². The van der Waals surface area contributed by atoms with E-state index in [4.69, 9.17) is 0 Å². The Bertz CT molecular complexity index is 886. The van der Waals surface area contributed by atoms with Gasteiger partial charge in [-0.25, -0.2) is 8.42 Å². The molecule has 0 saturated carbocycles. The maximum absolute atomic E-state index is 12.4. The van der Waals surface area contributed by atoms with Gasteiger partial charge in [0, 0.05) is 23.9 Å². The predicted octanol–water partition coefficient (Wildman–Crippen LogP) is 2.11. The summed E-state index contributed by atoms with van der Waals surface area (Å²) in [6.45, 7) is 4.48. The molecule has 1 aromatic heterocycles. The van der Waals surface area contributed by atoms with Gasteiger partial charge in [0.1, 0.15) is 0 Å². The lowest BCUT2D eigenvalue weighted by atomic mass is 10.1. The molecule has 128 valence electrons. The number of hydrogen-bond acceptors (Lipinski definition) is 4. The molecule has 2 N–H and O–H groups in total. The van der Waals surface area contributed by atoms with Gasteiger partial charge in [0.25, 0.3) is 5.91 Å². The fourth-order valence-electron chi connectivity index (χ4n) is 2.74. The summed E-state index contributed by atoms with van der Waals surface area (Å²) in [5, 5.41) is 9.72. The number of H-pyrrole nitrogens is 1. The number of sulfonamides is 1. The molecule has 0 bridgehead atoms. The van der Waals surface area contributed by atoms with Gasteiger partial charge in [-0.2, -0.15) is 5.10 Å². The largest absolute Gasteiger partial charge is 0.305 e. The van der Waals surface area contributed by atoms with Crippen LogP contribution >= 0.6 is 0 Å². The topological polar surface area (TPSA) is 95.2 Å². The van der Waals surface area contributed by atoms with Crippen LogP contribution in [0.5, 0.6) is 0 Å². The molecule has 0 saturated heterocycles. The van der Waals surface area contributed by atoms with Gasteiger partial charge < -0.3 is 5.32 Å². The van der Waals surface area contributed by atoms with Crippen LogP contribution in [0.25, 0.3) is 0 Å². The number of anilines is 2. The van der Waals surface area contributed by atoms with E-state index in [2.05, 4.69) is 15.5 Å². The number of benzene rings is 1. The lowest BCUT2D eigenvalue weighted by molar-refractivity contribution is 0.102. The molecule has 0 spiro atoms. The van der Waals surface area contributed by atoms with Crippen LogP contribution < -0.4 is 9.62 Å². The summed E-state index contributed by atoms with van der Waals surface area (Å²) in [5.41, 5.74) is 2.94. The van der Waals surface area contributed by atoms with Gasteiger partial charge in [0.05, 0.1) is 11.9 Å². The van der Waals surface area contributed by atoms with Crippen LogP contribution in [-0.2, 0) is 16.4 Å². The number of aromatic amines is 1. The summed E-state index contributed by atoms with van der Waals surface area (Å²) >= 11 is 0. The second-order valence-corrected chi connectivity index (χ2v) is 8.15. The quantitative estimate of drug-likeness (QED) is 0.884. The minimum atomic E-state index is -3.28. The van der Waals surface area contributed by atoms with E-state index in [0.717, 1.165) is 11.3 Å². The van der Waals surface area contributed by atoms with Gasteiger partial charge in [0.15, 0.2) is 5.82 Å². The Kier molecular flexibility index (Phi) is 4.08. The number of aromatic nitrogens is 2. The van der Waals surface area contributed by atoms with Crippen molar-refractivity contribution < 1.29 is 13.2 Å². The normalized spacial score (nSPS) is 14.1. The molecule has 2 aromatic rings. The van der Waals surface area contributed by atoms with Crippen molar-refractivity contribution in [3.8, 4) is 0 Å². The molecule has 1 aromatic carbocycles. The minimum Gasteiger partial charge on any atom is -0.305 e. The van der Waals surface area contributed by atoms with Crippen LogP contribution in [-0.4, -0.2) is 37.3 Å². The fraction of sp³-hybridized carbons (Fsp3) is 0.375. The zero-order valence-electron chi connectivity index (χ0n) is 13.8. The Labute approximate surface area is 141 Å². The Morgan fingerprint density at radius 1 is 1.33 bits per heavy atom. The highest BCUT2D eigenvalue weighted by Gasteiger charge is 2.26. The number of carbonyl (C=O) groups is 1. The third-order valence-corrected chi connectivity index (χ3v) is 5.24. The maximum Gasteiger partial charge on any atom is 0.256 e. The first-order valence-electron chi connectivity index (χ1n) is 7.73. The second-order valence-electron chi connectivity index (χ2n) is 6.25. The van der Waals surface area contributed by atoms with Gasteiger partial charge in [0.2, 0.25) is 10.0 Å². The summed E-state index contributed by atoms with van der Waals surface area (Å²) in [7, 11) is -3.28. The van der Waals surface area contributed by atoms with Crippen molar-refractivity contribution >= 4 is 27.4 Å². The molecule has 8 heteroatoms. The molecule has 0 radical (unpaired) electrons. The van der Waals surface area contributed by atoms with Crippen LogP contribution in [0.4, 0.5) is 11.5 Å². The number of nitrogens with one attached hydrogen (secondary N) is 2. The number of fused-ring (bicyclic) bond motifs is 1. The van der Waals surface area contributed by atoms with Crippen molar-refractivity contribution in [1.29, 1.82) is 0 Å². The second kappa shape index (κ2) is 5.94. The van der Waals surface area contributed by atoms with Crippen LogP contribution in [0.3, 0.4) is 0 Å². The molecule has 1 aliphatic heterocycles. The molecule has 24 heavy (non-hydrogen) atoms. The average molecular weight is 348 g/mol. The van der Waals surface area contributed by atoms with Gasteiger partial charge >= 0.3 is 0 Å². The standard InChI is InChI=1S/C16H20N4O3S/c1-10(2)13-9-15(19-18-13)17-16(21)12-4-5-14-11(8-12)6-7-20(14)24(3,22)23/h4-5,8-10H,6-7H2,1-3H3,(H2,17,18,19,21). The fourth-order valence-corrected chi connectivity index (χ4v) is 3.70. The highest BCUT2D eigenvalue weighted by Crippen LogP contribution is 2.30. The number of carbonyl (C=O) groups excluding carboxylic acids is 1. The molecule has 3 rings (SSSR count). The van der Waals surface area contributed by atoms with Crippen molar-refractivity contribution in [1.82, 2.24) is 10.2 Å². The Balaban J connectivity index is 1.79. The van der Waals surface area contributed by atoms with Crippen molar-refractivity contribution in [2.24, 2.45) is 0 Å². The SMILES string of the molecule is CC(C)c1cc(NC(=O)c2ccc3c(c2)CCN3S(C)(=O)=O)n[nH]1. The molecule has 0 aliphatic carbocycles. The van der Waals surface area contributed by atoms with E-state index in [9.17, 15) is 13.2 Å². The van der Waals surface area contributed by atoms with E-state index in [1.807, 2.05) is 13.8 Å². The number of rotatable bonds is 4.